The maximum absolute atomic E-state index is 5.73. The van der Waals surface area contributed by atoms with Gasteiger partial charge in [-0.05, 0) is 19.1 Å². The van der Waals surface area contributed by atoms with Crippen molar-refractivity contribution in [1.29, 1.82) is 0 Å². The normalized spacial score (nSPS) is 10.7. The van der Waals surface area contributed by atoms with Gasteiger partial charge in [-0.3, -0.25) is 0 Å². The van der Waals surface area contributed by atoms with Crippen molar-refractivity contribution >= 4 is 22.6 Å². The van der Waals surface area contributed by atoms with Crippen LogP contribution in [0.15, 0.2) is 22.8 Å². The molecule has 3 heteroatoms. The Hall–Kier alpha value is -1.02. The number of rotatable bonds is 0. The Labute approximate surface area is 68.8 Å². The van der Waals surface area contributed by atoms with Gasteiger partial charge in [0.05, 0.1) is 12.0 Å². The summed E-state index contributed by atoms with van der Waals surface area (Å²) < 4.78 is 5.18. The van der Waals surface area contributed by atoms with E-state index in [-0.39, 0.29) is 0 Å². The van der Waals surface area contributed by atoms with E-state index in [1.165, 1.54) is 0 Å². The van der Waals surface area contributed by atoms with Gasteiger partial charge < -0.3 is 4.42 Å². The highest BCUT2D eigenvalue weighted by atomic mass is 35.5. The second kappa shape index (κ2) is 2.24. The second-order valence-electron chi connectivity index (χ2n) is 2.37. The van der Waals surface area contributed by atoms with Crippen molar-refractivity contribution in [2.45, 2.75) is 6.92 Å². The molecule has 0 aliphatic carbocycles. The minimum Gasteiger partial charge on any atom is -0.462 e. The Morgan fingerprint density at radius 1 is 1.55 bits per heavy atom. The van der Waals surface area contributed by atoms with Gasteiger partial charge in [0, 0.05) is 5.39 Å². The van der Waals surface area contributed by atoms with E-state index >= 15 is 0 Å². The van der Waals surface area contributed by atoms with Crippen LogP contribution in [-0.2, 0) is 0 Å². The number of halogens is 1. The molecule has 0 N–H and O–H groups in total. The second-order valence-corrected chi connectivity index (χ2v) is 2.76. The van der Waals surface area contributed by atoms with Crippen molar-refractivity contribution in [2.24, 2.45) is 0 Å². The molecule has 0 radical (unpaired) electrons. The number of aryl methyl sites for hydroxylation is 1. The van der Waals surface area contributed by atoms with Crippen LogP contribution in [0.25, 0.3) is 11.0 Å². The number of fused-ring (bicyclic) bond motifs is 1. The molecular formula is C8H6ClNO. The Morgan fingerprint density at radius 3 is 3.18 bits per heavy atom. The van der Waals surface area contributed by atoms with E-state index in [1.54, 1.807) is 12.3 Å². The number of nitrogens with zero attached hydrogens (tertiary/aromatic N) is 1. The summed E-state index contributed by atoms with van der Waals surface area (Å²) in [4.78, 5) is 4.05. The highest BCUT2D eigenvalue weighted by Gasteiger charge is 2.02. The van der Waals surface area contributed by atoms with E-state index in [0.29, 0.717) is 5.15 Å². The van der Waals surface area contributed by atoms with Gasteiger partial charge in [-0.25, -0.2) is 4.98 Å². The molecule has 2 heterocycles. The number of hydrogen-bond donors (Lipinski definition) is 0. The molecule has 0 amide bonds. The Bertz CT molecular complexity index is 394. The van der Waals surface area contributed by atoms with Gasteiger partial charge in [0.25, 0.3) is 0 Å². The lowest BCUT2D eigenvalue weighted by Crippen LogP contribution is -1.80. The molecule has 2 aromatic rings. The van der Waals surface area contributed by atoms with Gasteiger partial charge in [0.15, 0.2) is 5.58 Å². The Kier molecular flexibility index (Phi) is 1.36. The van der Waals surface area contributed by atoms with Crippen LogP contribution in [0.1, 0.15) is 5.69 Å². The molecule has 56 valence electrons. The lowest BCUT2D eigenvalue weighted by molar-refractivity contribution is 0.611. The minimum atomic E-state index is 0.511. The summed E-state index contributed by atoms with van der Waals surface area (Å²) in [7, 11) is 0. The third-order valence-corrected chi connectivity index (χ3v) is 1.77. The Balaban J connectivity index is 2.91. The van der Waals surface area contributed by atoms with Crippen LogP contribution in [-0.4, -0.2) is 4.98 Å². The average molecular weight is 168 g/mol. The molecule has 2 rings (SSSR count). The van der Waals surface area contributed by atoms with E-state index < -0.39 is 0 Å². The van der Waals surface area contributed by atoms with Gasteiger partial charge in [0.1, 0.15) is 5.15 Å². The van der Waals surface area contributed by atoms with Gasteiger partial charge >= 0.3 is 0 Å². The molecule has 0 unspecified atom stereocenters. The fourth-order valence-electron chi connectivity index (χ4n) is 1.10. The summed E-state index contributed by atoms with van der Waals surface area (Å²) in [6.45, 7) is 1.87. The Morgan fingerprint density at radius 2 is 2.36 bits per heavy atom. The van der Waals surface area contributed by atoms with Crippen molar-refractivity contribution in [1.82, 2.24) is 4.98 Å². The minimum absolute atomic E-state index is 0.511. The molecule has 0 fully saturated rings. The molecule has 0 atom stereocenters. The molecular weight excluding hydrogens is 162 g/mol. The van der Waals surface area contributed by atoms with Crippen molar-refractivity contribution in [3.05, 3.63) is 29.2 Å². The lowest BCUT2D eigenvalue weighted by Gasteiger charge is -1.93. The first-order valence-electron chi connectivity index (χ1n) is 3.28. The predicted octanol–water partition coefficient (Wildman–Crippen LogP) is 2.79. The van der Waals surface area contributed by atoms with Crippen LogP contribution in [0.3, 0.4) is 0 Å². The zero-order valence-corrected chi connectivity index (χ0v) is 6.72. The van der Waals surface area contributed by atoms with E-state index in [0.717, 1.165) is 16.7 Å². The molecule has 0 saturated carbocycles. The number of hydrogen-bond acceptors (Lipinski definition) is 2. The molecule has 0 aliphatic rings. The summed E-state index contributed by atoms with van der Waals surface area (Å²) in [5, 5.41) is 1.51. The first-order valence-corrected chi connectivity index (χ1v) is 3.65. The summed E-state index contributed by atoms with van der Waals surface area (Å²) in [5.74, 6) is 0. The molecule has 0 aromatic carbocycles. The largest absolute Gasteiger partial charge is 0.462 e. The van der Waals surface area contributed by atoms with Gasteiger partial charge in [-0.1, -0.05) is 11.6 Å². The molecule has 0 aliphatic heterocycles. The quantitative estimate of drug-likeness (QED) is 0.564. The number of aromatic nitrogens is 1. The first-order chi connectivity index (χ1) is 5.27. The fourth-order valence-corrected chi connectivity index (χ4v) is 1.34. The summed E-state index contributed by atoms with van der Waals surface area (Å²) in [6, 6.07) is 3.66. The average Bonchev–Trinajstić information content (AvgIpc) is 2.34. The SMILES string of the molecule is Cc1nc(Cl)cc2ccoc12. The molecule has 0 saturated heterocycles. The van der Waals surface area contributed by atoms with E-state index in [1.807, 2.05) is 13.0 Å². The van der Waals surface area contributed by atoms with Crippen LogP contribution >= 0.6 is 11.6 Å². The zero-order chi connectivity index (χ0) is 7.84. The smallest absolute Gasteiger partial charge is 0.155 e. The molecule has 0 bridgehead atoms. The fraction of sp³-hybridized carbons (Fsp3) is 0.125. The summed E-state index contributed by atoms with van der Waals surface area (Å²) in [6.07, 6.45) is 1.63. The third-order valence-electron chi connectivity index (χ3n) is 1.57. The molecule has 11 heavy (non-hydrogen) atoms. The maximum Gasteiger partial charge on any atom is 0.155 e. The molecule has 2 aromatic heterocycles. The van der Waals surface area contributed by atoms with Crippen LogP contribution in [0.5, 0.6) is 0 Å². The monoisotopic (exact) mass is 167 g/mol. The van der Waals surface area contributed by atoms with Gasteiger partial charge in [-0.15, -0.1) is 0 Å². The maximum atomic E-state index is 5.73. The first kappa shape index (κ1) is 6.68. The standard InChI is InChI=1S/C8H6ClNO/c1-5-8-6(2-3-11-8)4-7(9)10-5/h2-4H,1H3. The zero-order valence-electron chi connectivity index (χ0n) is 5.97. The topological polar surface area (TPSA) is 26.0 Å². The summed E-state index contributed by atoms with van der Waals surface area (Å²) in [5.41, 5.74) is 1.65. The van der Waals surface area contributed by atoms with Crippen molar-refractivity contribution in [3.63, 3.8) is 0 Å². The van der Waals surface area contributed by atoms with Crippen molar-refractivity contribution < 1.29 is 4.42 Å². The molecule has 0 spiro atoms. The van der Waals surface area contributed by atoms with Gasteiger partial charge in [0.2, 0.25) is 0 Å². The highest BCUT2D eigenvalue weighted by Crippen LogP contribution is 2.20. The van der Waals surface area contributed by atoms with E-state index in [2.05, 4.69) is 4.98 Å². The van der Waals surface area contributed by atoms with Crippen molar-refractivity contribution in [3.8, 4) is 0 Å². The van der Waals surface area contributed by atoms with Crippen LogP contribution in [0, 0.1) is 6.92 Å². The lowest BCUT2D eigenvalue weighted by atomic mass is 10.3. The number of furan rings is 1. The summed E-state index contributed by atoms with van der Waals surface area (Å²) >= 11 is 5.73. The van der Waals surface area contributed by atoms with Crippen LogP contribution < -0.4 is 0 Å². The third kappa shape index (κ3) is 0.994. The van der Waals surface area contributed by atoms with E-state index in [4.69, 9.17) is 16.0 Å². The molecule has 2 nitrogen and oxygen atoms in total. The van der Waals surface area contributed by atoms with Gasteiger partial charge in [-0.2, -0.15) is 0 Å². The van der Waals surface area contributed by atoms with Crippen LogP contribution in [0.2, 0.25) is 5.15 Å². The highest BCUT2D eigenvalue weighted by molar-refractivity contribution is 6.30. The number of pyridine rings is 1. The predicted molar refractivity (Wildman–Crippen MR) is 43.8 cm³/mol. The van der Waals surface area contributed by atoms with E-state index in [9.17, 15) is 0 Å². The van der Waals surface area contributed by atoms with Crippen molar-refractivity contribution in [2.75, 3.05) is 0 Å². The van der Waals surface area contributed by atoms with Crippen LogP contribution in [0.4, 0.5) is 0 Å².